The Kier molecular flexibility index (Phi) is 4.66. The zero-order chi connectivity index (χ0) is 19.2. The van der Waals surface area contributed by atoms with Crippen molar-refractivity contribution >= 4 is 44.6 Å². The molecular weight excluding hydrogens is 408 g/mol. The fourth-order valence-corrected chi connectivity index (χ4v) is 5.01. The number of hydrogen-bond acceptors (Lipinski definition) is 7. The van der Waals surface area contributed by atoms with Gasteiger partial charge in [-0.05, 0) is 25.0 Å². The van der Waals surface area contributed by atoms with Crippen LogP contribution in [0.25, 0.3) is 10.7 Å². The Labute approximate surface area is 165 Å². The highest BCUT2D eigenvalue weighted by Crippen LogP contribution is 2.40. The average Bonchev–Trinajstić information content (AvgIpc) is 3.17. The standard InChI is InChI=1S/C16H17ClN6O2S2/c1-23(2)27(24,25)14-6-5-12(26-14)16-18-8-10(17)15(20-16)19-13-7-11(21-22-13)9-3-4-9/h5-9H,3-4H2,1-2H3,(H2,18,19,20,21,22). The van der Waals surface area contributed by atoms with E-state index in [9.17, 15) is 8.42 Å². The number of anilines is 2. The van der Waals surface area contributed by atoms with Gasteiger partial charge in [0, 0.05) is 31.8 Å². The second-order valence-corrected chi connectivity index (χ2v) is 10.3. The van der Waals surface area contributed by atoms with Gasteiger partial charge in [-0.2, -0.15) is 5.10 Å². The van der Waals surface area contributed by atoms with E-state index in [1.54, 1.807) is 12.1 Å². The third kappa shape index (κ3) is 3.70. The lowest BCUT2D eigenvalue weighted by atomic mass is 10.3. The number of aromatic nitrogens is 4. The van der Waals surface area contributed by atoms with Crippen LogP contribution in [0.5, 0.6) is 0 Å². The summed E-state index contributed by atoms with van der Waals surface area (Å²) in [7, 11) is -0.499. The maximum Gasteiger partial charge on any atom is 0.252 e. The number of nitrogens with one attached hydrogen (secondary N) is 2. The number of aromatic amines is 1. The number of nitrogens with zero attached hydrogens (tertiary/aromatic N) is 4. The van der Waals surface area contributed by atoms with Gasteiger partial charge in [0.2, 0.25) is 0 Å². The molecule has 4 rings (SSSR count). The van der Waals surface area contributed by atoms with Crippen molar-refractivity contribution in [3.05, 3.63) is 35.1 Å². The first-order valence-electron chi connectivity index (χ1n) is 8.22. The minimum absolute atomic E-state index is 0.233. The first-order chi connectivity index (χ1) is 12.8. The molecule has 0 unspecified atom stereocenters. The molecule has 1 fully saturated rings. The smallest absolute Gasteiger partial charge is 0.252 e. The largest absolute Gasteiger partial charge is 0.322 e. The van der Waals surface area contributed by atoms with Crippen LogP contribution >= 0.6 is 22.9 Å². The van der Waals surface area contributed by atoms with Gasteiger partial charge in [-0.25, -0.2) is 22.7 Å². The molecular formula is C16H17ClN6O2S2. The summed E-state index contributed by atoms with van der Waals surface area (Å²) in [5.41, 5.74) is 1.10. The van der Waals surface area contributed by atoms with Crippen molar-refractivity contribution in [3.8, 4) is 10.7 Å². The van der Waals surface area contributed by atoms with E-state index in [0.29, 0.717) is 33.3 Å². The van der Waals surface area contributed by atoms with E-state index in [4.69, 9.17) is 11.6 Å². The lowest BCUT2D eigenvalue weighted by Gasteiger charge is -2.08. The summed E-state index contributed by atoms with van der Waals surface area (Å²) in [4.78, 5) is 9.30. The number of sulfonamides is 1. The molecule has 3 aromatic heterocycles. The van der Waals surface area contributed by atoms with Crippen molar-refractivity contribution in [3.63, 3.8) is 0 Å². The Bertz CT molecular complexity index is 1090. The van der Waals surface area contributed by atoms with E-state index in [2.05, 4.69) is 25.5 Å². The van der Waals surface area contributed by atoms with Gasteiger partial charge in [0.05, 0.1) is 11.1 Å². The maximum absolute atomic E-state index is 12.3. The normalized spacial score (nSPS) is 14.7. The summed E-state index contributed by atoms with van der Waals surface area (Å²) in [6, 6.07) is 5.19. The van der Waals surface area contributed by atoms with Crippen LogP contribution < -0.4 is 5.32 Å². The lowest BCUT2D eigenvalue weighted by molar-refractivity contribution is 0.523. The van der Waals surface area contributed by atoms with Gasteiger partial charge in [-0.1, -0.05) is 11.6 Å². The van der Waals surface area contributed by atoms with Crippen LogP contribution in [0.3, 0.4) is 0 Å². The predicted octanol–water partition coefficient (Wildman–Crippen LogP) is 3.45. The Balaban J connectivity index is 1.61. The number of halogens is 1. The van der Waals surface area contributed by atoms with Crippen LogP contribution in [0.2, 0.25) is 5.02 Å². The number of rotatable bonds is 6. The molecule has 0 aliphatic heterocycles. The van der Waals surface area contributed by atoms with Crippen LogP contribution in [0.4, 0.5) is 11.6 Å². The van der Waals surface area contributed by atoms with Crippen molar-refractivity contribution in [1.82, 2.24) is 24.5 Å². The van der Waals surface area contributed by atoms with Gasteiger partial charge in [0.15, 0.2) is 17.5 Å². The van der Waals surface area contributed by atoms with Gasteiger partial charge < -0.3 is 5.32 Å². The molecule has 2 N–H and O–H groups in total. The quantitative estimate of drug-likeness (QED) is 0.628. The van der Waals surface area contributed by atoms with Crippen molar-refractivity contribution in [2.45, 2.75) is 23.0 Å². The number of hydrogen-bond donors (Lipinski definition) is 2. The topological polar surface area (TPSA) is 104 Å². The fraction of sp³-hybridized carbons (Fsp3) is 0.312. The molecule has 11 heteroatoms. The molecule has 3 heterocycles. The summed E-state index contributed by atoms with van der Waals surface area (Å²) in [5.74, 6) is 2.00. The van der Waals surface area contributed by atoms with Gasteiger partial charge in [0.25, 0.3) is 10.0 Å². The monoisotopic (exact) mass is 424 g/mol. The first kappa shape index (κ1) is 18.4. The molecule has 8 nitrogen and oxygen atoms in total. The second-order valence-electron chi connectivity index (χ2n) is 6.40. The number of H-pyrrole nitrogens is 1. The Morgan fingerprint density at radius 3 is 2.81 bits per heavy atom. The zero-order valence-corrected chi connectivity index (χ0v) is 17.0. The third-order valence-electron chi connectivity index (χ3n) is 4.14. The summed E-state index contributed by atoms with van der Waals surface area (Å²) < 4.78 is 25.9. The SMILES string of the molecule is CN(C)S(=O)(=O)c1ccc(-c2ncc(Cl)c(Nc3cc(C4CC4)[nH]n3)n2)s1. The highest BCUT2D eigenvalue weighted by Gasteiger charge is 2.26. The van der Waals surface area contributed by atoms with E-state index in [1.165, 1.54) is 37.4 Å². The van der Waals surface area contributed by atoms with Crippen LogP contribution in [0.1, 0.15) is 24.5 Å². The molecule has 0 amide bonds. The first-order valence-corrected chi connectivity index (χ1v) is 10.9. The minimum Gasteiger partial charge on any atom is -0.322 e. The van der Waals surface area contributed by atoms with Crippen LogP contribution in [0.15, 0.2) is 28.6 Å². The minimum atomic E-state index is -3.49. The van der Waals surface area contributed by atoms with E-state index in [-0.39, 0.29) is 4.21 Å². The summed E-state index contributed by atoms with van der Waals surface area (Å²) in [6.45, 7) is 0. The summed E-state index contributed by atoms with van der Waals surface area (Å²) in [5, 5.41) is 10.7. The van der Waals surface area contributed by atoms with E-state index in [1.807, 2.05) is 6.07 Å². The molecule has 0 bridgehead atoms. The molecule has 0 saturated heterocycles. The van der Waals surface area contributed by atoms with Crippen LogP contribution in [0, 0.1) is 0 Å². The van der Waals surface area contributed by atoms with Crippen molar-refractivity contribution in [2.75, 3.05) is 19.4 Å². The van der Waals surface area contributed by atoms with Gasteiger partial charge in [0.1, 0.15) is 9.23 Å². The average molecular weight is 425 g/mol. The van der Waals surface area contributed by atoms with E-state index in [0.717, 1.165) is 17.0 Å². The van der Waals surface area contributed by atoms with Crippen molar-refractivity contribution in [1.29, 1.82) is 0 Å². The zero-order valence-electron chi connectivity index (χ0n) is 14.6. The molecule has 0 atom stereocenters. The highest BCUT2D eigenvalue weighted by molar-refractivity contribution is 7.91. The maximum atomic E-state index is 12.3. The molecule has 0 radical (unpaired) electrons. The number of thiophene rings is 1. The summed E-state index contributed by atoms with van der Waals surface area (Å²) in [6.07, 6.45) is 3.84. The third-order valence-corrected chi connectivity index (χ3v) is 7.78. The van der Waals surface area contributed by atoms with Gasteiger partial charge in [-0.3, -0.25) is 5.10 Å². The molecule has 0 aromatic carbocycles. The van der Waals surface area contributed by atoms with Gasteiger partial charge >= 0.3 is 0 Å². The van der Waals surface area contributed by atoms with Crippen molar-refractivity contribution < 1.29 is 8.42 Å². The molecule has 1 aliphatic rings. The predicted molar refractivity (Wildman–Crippen MR) is 105 cm³/mol. The fourth-order valence-electron chi connectivity index (χ4n) is 2.46. The Morgan fingerprint density at radius 2 is 2.11 bits per heavy atom. The molecule has 1 aliphatic carbocycles. The highest BCUT2D eigenvalue weighted by atomic mass is 35.5. The lowest BCUT2D eigenvalue weighted by Crippen LogP contribution is -2.21. The molecule has 1 saturated carbocycles. The van der Waals surface area contributed by atoms with Crippen LogP contribution in [-0.4, -0.2) is 47.0 Å². The molecule has 0 spiro atoms. The Hall–Kier alpha value is -2.01. The van der Waals surface area contributed by atoms with Crippen molar-refractivity contribution in [2.24, 2.45) is 0 Å². The van der Waals surface area contributed by atoms with Gasteiger partial charge in [-0.15, -0.1) is 11.3 Å². The molecule has 3 aromatic rings. The van der Waals surface area contributed by atoms with Crippen LogP contribution in [-0.2, 0) is 10.0 Å². The molecule has 142 valence electrons. The molecule has 27 heavy (non-hydrogen) atoms. The van der Waals surface area contributed by atoms with E-state index >= 15 is 0 Å². The van der Waals surface area contributed by atoms with E-state index < -0.39 is 10.0 Å². The second kappa shape index (κ2) is 6.86. The summed E-state index contributed by atoms with van der Waals surface area (Å²) >= 11 is 7.32. The Morgan fingerprint density at radius 1 is 1.33 bits per heavy atom.